The fourth-order valence-corrected chi connectivity index (χ4v) is 15.1. The van der Waals surface area contributed by atoms with Crippen molar-refractivity contribution < 1.29 is 8.42 Å². The van der Waals surface area contributed by atoms with Crippen molar-refractivity contribution in [2.24, 2.45) is 0 Å². The summed E-state index contributed by atoms with van der Waals surface area (Å²) in [6.45, 7) is 23.3. The van der Waals surface area contributed by atoms with E-state index in [1.54, 1.807) is 0 Å². The minimum atomic E-state index is -3.80. The summed E-state index contributed by atoms with van der Waals surface area (Å²) in [6.07, 6.45) is 0. The minimum Gasteiger partial charge on any atom is -0.218 e. The zero-order valence-corrected chi connectivity index (χ0v) is 37.8. The van der Waals surface area contributed by atoms with Gasteiger partial charge in [-0.25, -0.2) is 8.42 Å². The van der Waals surface area contributed by atoms with Crippen LogP contribution in [-0.4, -0.2) is 8.42 Å². The van der Waals surface area contributed by atoms with Crippen LogP contribution in [0.4, 0.5) is 0 Å². The first-order chi connectivity index (χ1) is 28.7. The zero-order valence-electron chi connectivity index (χ0n) is 36.2. The van der Waals surface area contributed by atoms with Crippen molar-refractivity contribution in [3.05, 3.63) is 168 Å². The number of benzene rings is 6. The summed E-state index contributed by atoms with van der Waals surface area (Å²) in [5.41, 5.74) is 21.4. The second-order valence-electron chi connectivity index (χ2n) is 19.5. The molecule has 2 nitrogen and oxygen atoms in total. The van der Waals surface area contributed by atoms with E-state index in [0.717, 1.165) is 27.5 Å². The van der Waals surface area contributed by atoms with E-state index >= 15 is 8.42 Å². The first-order valence-corrected chi connectivity index (χ1v) is 24.4. The van der Waals surface area contributed by atoms with E-state index in [1.165, 1.54) is 103 Å². The van der Waals surface area contributed by atoms with Crippen LogP contribution in [0.2, 0.25) is 0 Å². The Bertz CT molecular complexity index is 3470. The number of sulfone groups is 1. The maximum absolute atomic E-state index is 15.1. The van der Waals surface area contributed by atoms with Gasteiger partial charge in [-0.05, 0) is 136 Å². The molecule has 1 aliphatic heterocycles. The summed E-state index contributed by atoms with van der Waals surface area (Å²) in [7, 11) is -3.80. The molecular weight excluding hydrogens is 769 g/mol. The Kier molecular flexibility index (Phi) is 7.41. The molecule has 2 unspecified atom stereocenters. The average molecular weight is 819 g/mol. The zero-order chi connectivity index (χ0) is 41.6. The quantitative estimate of drug-likeness (QED) is 0.177. The molecule has 4 aliphatic carbocycles. The summed E-state index contributed by atoms with van der Waals surface area (Å²) in [5, 5.41) is 6.31. The standard InChI is InChI=1S/C56H50O2S2/c1-25(2)31-19-35(27(5)6)47-37(21-31)29(9)45-40-24-42-50-46(39(40)23-41-49(45)53(47)51-33-15-11-13-17-43(33)59-55(41)51)30(10)38-22-32(26(3)4)20-36(28(7)8)48(38)54(50)52-34-16-12-14-18-44(34)60(57,58)56(42)52/h11-30H,1-10H3. The third kappa shape index (κ3) is 4.37. The van der Waals surface area contributed by atoms with Crippen molar-refractivity contribution in [1.82, 2.24) is 0 Å². The Morgan fingerprint density at radius 3 is 1.65 bits per heavy atom. The van der Waals surface area contributed by atoms with Crippen molar-refractivity contribution in [1.29, 1.82) is 0 Å². The first-order valence-electron chi connectivity index (χ1n) is 22.1. The van der Waals surface area contributed by atoms with Gasteiger partial charge in [0.2, 0.25) is 9.84 Å². The predicted octanol–water partition coefficient (Wildman–Crippen LogP) is 13.6. The van der Waals surface area contributed by atoms with E-state index in [-0.39, 0.29) is 17.8 Å². The lowest BCUT2D eigenvalue weighted by molar-refractivity contribution is 0.606. The fourth-order valence-electron chi connectivity index (χ4n) is 12.0. The number of hydrogen-bond acceptors (Lipinski definition) is 3. The maximum Gasteiger partial charge on any atom is 0.208 e. The van der Waals surface area contributed by atoms with E-state index in [2.05, 4.69) is 130 Å². The second kappa shape index (κ2) is 12.1. The Labute approximate surface area is 357 Å². The van der Waals surface area contributed by atoms with E-state index < -0.39 is 9.84 Å². The second-order valence-corrected chi connectivity index (χ2v) is 22.4. The highest BCUT2D eigenvalue weighted by atomic mass is 32.2. The van der Waals surface area contributed by atoms with Crippen LogP contribution in [0.3, 0.4) is 0 Å². The lowest BCUT2D eigenvalue weighted by Gasteiger charge is -2.33. The first kappa shape index (κ1) is 36.8. The molecule has 0 N–H and O–H groups in total. The minimum absolute atomic E-state index is 0.0543. The monoisotopic (exact) mass is 818 g/mol. The average Bonchev–Trinajstić information content (AvgIpc) is 3.93. The molecule has 7 aromatic rings. The molecule has 5 aliphatic rings. The molecule has 0 spiro atoms. The van der Waals surface area contributed by atoms with Gasteiger partial charge in [0.05, 0.1) is 9.80 Å². The topological polar surface area (TPSA) is 34.1 Å². The number of rotatable bonds is 4. The Hall–Kier alpha value is -5.03. The molecule has 60 heavy (non-hydrogen) atoms. The van der Waals surface area contributed by atoms with Gasteiger partial charge in [0.25, 0.3) is 0 Å². The van der Waals surface area contributed by atoms with Crippen molar-refractivity contribution in [3.63, 3.8) is 0 Å². The highest BCUT2D eigenvalue weighted by Crippen LogP contribution is 2.59. The molecular formula is C56H50O2S2. The molecule has 4 heteroatoms. The van der Waals surface area contributed by atoms with Crippen LogP contribution in [0.1, 0.15) is 177 Å². The lowest BCUT2D eigenvalue weighted by atomic mass is 9.70. The highest BCUT2D eigenvalue weighted by molar-refractivity contribution is 8.01. The maximum atomic E-state index is 15.1. The molecule has 0 saturated heterocycles. The van der Waals surface area contributed by atoms with Crippen molar-refractivity contribution in [2.45, 2.75) is 110 Å². The molecule has 2 atom stereocenters. The largest absolute Gasteiger partial charge is 0.218 e. The Balaban J connectivity index is 1.32. The number of fused-ring (bicyclic) bond motifs is 16. The normalized spacial score (nSPS) is 18.6. The van der Waals surface area contributed by atoms with Gasteiger partial charge >= 0.3 is 0 Å². The smallest absolute Gasteiger partial charge is 0.208 e. The van der Waals surface area contributed by atoms with Gasteiger partial charge in [-0.3, -0.25) is 0 Å². The molecule has 12 rings (SSSR count). The summed E-state index contributed by atoms with van der Waals surface area (Å²) in [4.78, 5) is 2.32. The number of hydrogen-bond donors (Lipinski definition) is 0. The van der Waals surface area contributed by atoms with Crippen LogP contribution in [0.25, 0.3) is 52.9 Å². The van der Waals surface area contributed by atoms with E-state index in [0.29, 0.717) is 27.6 Å². The molecule has 1 aromatic heterocycles. The Morgan fingerprint density at radius 2 is 1.05 bits per heavy atom. The van der Waals surface area contributed by atoms with Gasteiger partial charge in [0, 0.05) is 54.6 Å². The van der Waals surface area contributed by atoms with Gasteiger partial charge in [0.15, 0.2) is 0 Å². The van der Waals surface area contributed by atoms with E-state index in [1.807, 2.05) is 35.6 Å². The van der Waals surface area contributed by atoms with Gasteiger partial charge in [-0.2, -0.15) is 0 Å². The van der Waals surface area contributed by atoms with E-state index in [9.17, 15) is 0 Å². The lowest BCUT2D eigenvalue weighted by Crippen LogP contribution is -2.29. The third-order valence-electron chi connectivity index (χ3n) is 14.9. The molecule has 2 heterocycles. The Morgan fingerprint density at radius 1 is 0.517 bits per heavy atom. The third-order valence-corrected chi connectivity index (χ3v) is 18.0. The van der Waals surface area contributed by atoms with Crippen LogP contribution in [0.15, 0.2) is 89.8 Å². The fraction of sp³-hybridized carbons (Fsp3) is 0.286. The highest BCUT2D eigenvalue weighted by Gasteiger charge is 2.47. The summed E-state index contributed by atoms with van der Waals surface area (Å²) < 4.78 is 31.6. The predicted molar refractivity (Wildman–Crippen MR) is 253 cm³/mol. The molecule has 298 valence electrons. The van der Waals surface area contributed by atoms with Crippen LogP contribution in [-0.2, 0) is 9.84 Å². The SMILES string of the molecule is CC(C)c1cc(C(C)C)c2c(c1)C(C)c1c3c(cc4c5c6c(cc14)-c1sc4ccccc4c1C=6c1c(C(C)C)cc(C(C)C)cc1C5C)C1=C(C=32)c2ccccc2S1(=O)=O. The summed E-state index contributed by atoms with van der Waals surface area (Å²) in [5.74, 6) is 1.53. The molecule has 0 fully saturated rings. The molecule has 0 saturated carbocycles. The van der Waals surface area contributed by atoms with Crippen molar-refractivity contribution >= 4 is 63.7 Å². The summed E-state index contributed by atoms with van der Waals surface area (Å²) >= 11 is 1.94. The van der Waals surface area contributed by atoms with Crippen LogP contribution < -0.4 is 10.4 Å². The van der Waals surface area contributed by atoms with Gasteiger partial charge in [0.1, 0.15) is 0 Å². The van der Waals surface area contributed by atoms with Gasteiger partial charge in [-0.15, -0.1) is 11.3 Å². The van der Waals surface area contributed by atoms with Crippen LogP contribution in [0, 0.1) is 0 Å². The molecule has 0 amide bonds. The molecule has 0 bridgehead atoms. The van der Waals surface area contributed by atoms with Crippen LogP contribution in [0.5, 0.6) is 0 Å². The van der Waals surface area contributed by atoms with Crippen LogP contribution >= 0.6 is 11.3 Å². The van der Waals surface area contributed by atoms with Gasteiger partial charge < -0.3 is 0 Å². The molecule has 6 aromatic carbocycles. The van der Waals surface area contributed by atoms with Crippen molar-refractivity contribution in [3.8, 4) is 10.4 Å². The molecule has 0 radical (unpaired) electrons. The number of allylic oxidation sites excluding steroid dienone is 1. The summed E-state index contributed by atoms with van der Waals surface area (Å²) in [6, 6.07) is 31.5. The van der Waals surface area contributed by atoms with Crippen molar-refractivity contribution in [2.75, 3.05) is 0 Å². The van der Waals surface area contributed by atoms with E-state index in [4.69, 9.17) is 0 Å². The number of thiophene rings is 1. The van der Waals surface area contributed by atoms with Gasteiger partial charge in [-0.1, -0.05) is 130 Å².